The van der Waals surface area contributed by atoms with Crippen molar-refractivity contribution in [2.45, 2.75) is 43.4 Å². The summed E-state index contributed by atoms with van der Waals surface area (Å²) in [6, 6.07) is 23.8. The van der Waals surface area contributed by atoms with Gasteiger partial charge in [-0.3, -0.25) is 4.90 Å². The minimum absolute atomic E-state index is 0.0113. The van der Waals surface area contributed by atoms with E-state index in [9.17, 15) is 9.90 Å². The molecule has 1 amide bonds. The monoisotopic (exact) mass is 485 g/mol. The summed E-state index contributed by atoms with van der Waals surface area (Å²) in [5, 5.41) is 11.8. The highest BCUT2D eigenvalue weighted by atomic mass is 16.6. The molecule has 2 fully saturated rings. The largest absolute Gasteiger partial charge is 0.493 e. The number of hydrogen-bond acceptors (Lipinski definition) is 5. The van der Waals surface area contributed by atoms with Crippen molar-refractivity contribution in [1.29, 1.82) is 0 Å². The smallest absolute Gasteiger partial charge is 0.410 e. The molecule has 0 radical (unpaired) electrons. The number of piperidine rings is 1. The average Bonchev–Trinajstić information content (AvgIpc) is 3.21. The summed E-state index contributed by atoms with van der Waals surface area (Å²) < 4.78 is 17.6. The quantitative estimate of drug-likeness (QED) is 0.546. The van der Waals surface area contributed by atoms with E-state index in [4.69, 9.17) is 14.2 Å². The van der Waals surface area contributed by atoms with Gasteiger partial charge in [0.15, 0.2) is 0 Å². The Morgan fingerprint density at radius 3 is 2.17 bits per heavy atom. The Balaban J connectivity index is 1.21. The first kappa shape index (κ1) is 23.1. The van der Waals surface area contributed by atoms with E-state index in [1.165, 1.54) is 22.3 Å². The number of amides is 1. The summed E-state index contributed by atoms with van der Waals surface area (Å²) in [6.45, 7) is 3.48. The van der Waals surface area contributed by atoms with Gasteiger partial charge in [0.25, 0.3) is 0 Å². The number of nitrogens with zero attached hydrogens (tertiary/aromatic N) is 1. The van der Waals surface area contributed by atoms with Gasteiger partial charge in [0.1, 0.15) is 12.4 Å². The van der Waals surface area contributed by atoms with Gasteiger partial charge in [0.2, 0.25) is 0 Å². The molecule has 6 rings (SSSR count). The number of benzene rings is 3. The van der Waals surface area contributed by atoms with Crippen molar-refractivity contribution in [2.75, 3.05) is 26.4 Å². The molecule has 2 saturated heterocycles. The van der Waals surface area contributed by atoms with Gasteiger partial charge in [-0.15, -0.1) is 0 Å². The van der Waals surface area contributed by atoms with Gasteiger partial charge in [-0.1, -0.05) is 66.7 Å². The van der Waals surface area contributed by atoms with Gasteiger partial charge in [0.05, 0.1) is 37.5 Å². The van der Waals surface area contributed by atoms with E-state index in [0.717, 1.165) is 5.56 Å². The van der Waals surface area contributed by atoms with Gasteiger partial charge in [0, 0.05) is 24.3 Å². The SMILES string of the molecule is CCOc1ccccc1C1(O)CC2COCC(C1)N2C(=O)OCC1c2ccccc2-c2ccccc21. The lowest BCUT2D eigenvalue weighted by atomic mass is 9.76. The maximum absolute atomic E-state index is 13.5. The Hall–Kier alpha value is -3.35. The molecule has 2 unspecified atom stereocenters. The first-order valence-electron chi connectivity index (χ1n) is 12.7. The molecule has 2 aliphatic heterocycles. The first-order chi connectivity index (χ1) is 17.6. The lowest BCUT2D eigenvalue weighted by Crippen LogP contribution is -2.62. The molecule has 3 aromatic rings. The molecular weight excluding hydrogens is 454 g/mol. The molecular formula is C30H31NO5. The van der Waals surface area contributed by atoms with Crippen molar-refractivity contribution in [3.05, 3.63) is 89.5 Å². The Morgan fingerprint density at radius 2 is 1.53 bits per heavy atom. The first-order valence-corrected chi connectivity index (χ1v) is 12.7. The van der Waals surface area contributed by atoms with Crippen LogP contribution in [0.1, 0.15) is 42.4 Å². The van der Waals surface area contributed by atoms with E-state index in [2.05, 4.69) is 24.3 Å². The van der Waals surface area contributed by atoms with Crippen molar-refractivity contribution in [1.82, 2.24) is 4.90 Å². The fourth-order valence-electron chi connectivity index (χ4n) is 6.30. The number of aliphatic hydroxyl groups is 1. The summed E-state index contributed by atoms with van der Waals surface area (Å²) in [5.41, 5.74) is 4.47. The van der Waals surface area contributed by atoms with Crippen LogP contribution in [0.2, 0.25) is 0 Å². The predicted molar refractivity (Wildman–Crippen MR) is 136 cm³/mol. The fourth-order valence-corrected chi connectivity index (χ4v) is 6.30. The molecule has 6 nitrogen and oxygen atoms in total. The highest BCUT2D eigenvalue weighted by Crippen LogP contribution is 2.46. The number of rotatable bonds is 5. The molecule has 1 aliphatic carbocycles. The molecule has 0 aromatic heterocycles. The maximum atomic E-state index is 13.5. The van der Waals surface area contributed by atoms with Crippen LogP contribution < -0.4 is 4.74 Å². The van der Waals surface area contributed by atoms with Crippen molar-refractivity contribution in [3.8, 4) is 16.9 Å². The summed E-state index contributed by atoms with van der Waals surface area (Å²) in [5.74, 6) is 0.702. The fraction of sp³-hybridized carbons (Fsp3) is 0.367. The Morgan fingerprint density at radius 1 is 0.944 bits per heavy atom. The number of hydrogen-bond donors (Lipinski definition) is 1. The molecule has 2 atom stereocenters. The van der Waals surface area contributed by atoms with Gasteiger partial charge < -0.3 is 19.3 Å². The number of morpholine rings is 1. The zero-order valence-corrected chi connectivity index (χ0v) is 20.4. The summed E-state index contributed by atoms with van der Waals surface area (Å²) in [4.78, 5) is 15.3. The molecule has 0 spiro atoms. The third kappa shape index (κ3) is 3.85. The molecule has 1 N–H and O–H groups in total. The average molecular weight is 486 g/mol. The molecule has 3 aliphatic rings. The molecule has 186 valence electrons. The standard InChI is InChI=1S/C30H31NO5/c1-2-35-28-14-8-7-13-27(28)30(33)15-20-17-34-18-21(16-30)31(20)29(32)36-19-26-24-11-5-3-9-22(24)23-10-4-6-12-25(23)26/h3-14,20-21,26,33H,2,15-19H2,1H3. The number of carbonyl (C=O) groups excluding carboxylic acids is 1. The summed E-state index contributed by atoms with van der Waals surface area (Å²) >= 11 is 0. The zero-order chi connectivity index (χ0) is 24.7. The second kappa shape index (κ2) is 9.26. The van der Waals surface area contributed by atoms with E-state index in [1.54, 1.807) is 4.90 Å². The number of fused-ring (bicyclic) bond motifs is 5. The molecule has 2 heterocycles. The van der Waals surface area contributed by atoms with Gasteiger partial charge in [-0.25, -0.2) is 4.79 Å². The second-order valence-electron chi connectivity index (χ2n) is 9.93. The van der Waals surface area contributed by atoms with E-state index >= 15 is 0 Å². The molecule has 0 saturated carbocycles. The van der Waals surface area contributed by atoms with Crippen molar-refractivity contribution in [2.24, 2.45) is 0 Å². The Bertz CT molecular complexity index is 1210. The van der Waals surface area contributed by atoms with Crippen LogP contribution >= 0.6 is 0 Å². The van der Waals surface area contributed by atoms with Crippen molar-refractivity contribution in [3.63, 3.8) is 0 Å². The Labute approximate surface area is 211 Å². The molecule has 6 heteroatoms. The lowest BCUT2D eigenvalue weighted by Gasteiger charge is -2.51. The van der Waals surface area contributed by atoms with Crippen LogP contribution in [0.4, 0.5) is 4.79 Å². The third-order valence-corrected chi connectivity index (χ3v) is 7.79. The van der Waals surface area contributed by atoms with Gasteiger partial charge in [-0.05, 0) is 35.2 Å². The van der Waals surface area contributed by atoms with Crippen LogP contribution in [0.3, 0.4) is 0 Å². The van der Waals surface area contributed by atoms with Crippen LogP contribution in [0.15, 0.2) is 72.8 Å². The lowest BCUT2D eigenvalue weighted by molar-refractivity contribution is -0.137. The van der Waals surface area contributed by atoms with E-state index in [-0.39, 0.29) is 30.7 Å². The molecule has 3 aromatic carbocycles. The highest BCUT2D eigenvalue weighted by molar-refractivity contribution is 5.79. The van der Waals surface area contributed by atoms with E-state index in [0.29, 0.717) is 38.4 Å². The van der Waals surface area contributed by atoms with Crippen LogP contribution in [-0.2, 0) is 15.1 Å². The second-order valence-corrected chi connectivity index (χ2v) is 9.93. The van der Waals surface area contributed by atoms with Crippen LogP contribution in [-0.4, -0.2) is 54.6 Å². The van der Waals surface area contributed by atoms with Crippen LogP contribution in [0.25, 0.3) is 11.1 Å². The topological polar surface area (TPSA) is 68.2 Å². The zero-order valence-electron chi connectivity index (χ0n) is 20.4. The summed E-state index contributed by atoms with van der Waals surface area (Å²) in [7, 11) is 0. The number of para-hydroxylation sites is 1. The minimum atomic E-state index is -1.09. The number of ether oxygens (including phenoxy) is 3. The van der Waals surface area contributed by atoms with E-state index < -0.39 is 5.60 Å². The van der Waals surface area contributed by atoms with Gasteiger partial charge in [-0.2, -0.15) is 0 Å². The maximum Gasteiger partial charge on any atom is 0.410 e. The number of carbonyl (C=O) groups is 1. The minimum Gasteiger partial charge on any atom is -0.493 e. The summed E-state index contributed by atoms with van der Waals surface area (Å²) in [6.07, 6.45) is 0.408. The van der Waals surface area contributed by atoms with Crippen molar-refractivity contribution < 1.29 is 24.1 Å². The molecule has 36 heavy (non-hydrogen) atoms. The third-order valence-electron chi connectivity index (χ3n) is 7.79. The van der Waals surface area contributed by atoms with Crippen LogP contribution in [0.5, 0.6) is 5.75 Å². The van der Waals surface area contributed by atoms with Gasteiger partial charge >= 0.3 is 6.09 Å². The van der Waals surface area contributed by atoms with Crippen LogP contribution in [0, 0.1) is 0 Å². The normalized spacial score (nSPS) is 24.7. The van der Waals surface area contributed by atoms with E-state index in [1.807, 2.05) is 55.5 Å². The molecule has 2 bridgehead atoms. The predicted octanol–water partition coefficient (Wildman–Crippen LogP) is 5.09. The highest BCUT2D eigenvalue weighted by Gasteiger charge is 2.50. The van der Waals surface area contributed by atoms with Crippen molar-refractivity contribution >= 4 is 6.09 Å². The Kier molecular flexibility index (Phi) is 5.94.